The summed E-state index contributed by atoms with van der Waals surface area (Å²) in [5, 5.41) is 3.48. The zero-order chi connectivity index (χ0) is 18.8. The van der Waals surface area contributed by atoms with E-state index in [-0.39, 0.29) is 0 Å². The van der Waals surface area contributed by atoms with E-state index in [1.54, 1.807) is 0 Å². The number of para-hydroxylation sites is 2. The third-order valence-electron chi connectivity index (χ3n) is 4.81. The first-order valence-corrected chi connectivity index (χ1v) is 9.33. The van der Waals surface area contributed by atoms with Gasteiger partial charge in [0.05, 0.1) is 11.0 Å². The average molecular weight is 361 g/mol. The molecule has 5 aromatic rings. The SMILES string of the molecule is c1ccc(-c2ccc(Nc3cccc(-c4nc5ccccc5[nH]4)c3)cc2)cc1. The summed E-state index contributed by atoms with van der Waals surface area (Å²) in [6, 6.07) is 35.3. The third-order valence-corrected chi connectivity index (χ3v) is 4.81. The molecule has 1 heterocycles. The number of aromatic amines is 1. The summed E-state index contributed by atoms with van der Waals surface area (Å²) >= 11 is 0. The van der Waals surface area contributed by atoms with Gasteiger partial charge >= 0.3 is 0 Å². The van der Waals surface area contributed by atoms with Crippen LogP contribution in [0.2, 0.25) is 0 Å². The monoisotopic (exact) mass is 361 g/mol. The minimum absolute atomic E-state index is 0.879. The van der Waals surface area contributed by atoms with Crippen LogP contribution in [0.4, 0.5) is 11.4 Å². The number of nitrogens with one attached hydrogen (secondary N) is 2. The summed E-state index contributed by atoms with van der Waals surface area (Å²) in [4.78, 5) is 8.08. The van der Waals surface area contributed by atoms with Crippen molar-refractivity contribution in [2.45, 2.75) is 0 Å². The Kier molecular flexibility index (Phi) is 4.11. The predicted octanol–water partition coefficient (Wildman–Crippen LogP) is 6.64. The minimum Gasteiger partial charge on any atom is -0.356 e. The zero-order valence-electron chi connectivity index (χ0n) is 15.3. The first kappa shape index (κ1) is 16.3. The van der Waals surface area contributed by atoms with Gasteiger partial charge in [-0.25, -0.2) is 4.98 Å². The molecule has 0 saturated heterocycles. The molecule has 0 bridgehead atoms. The van der Waals surface area contributed by atoms with Gasteiger partial charge in [0.1, 0.15) is 5.82 Å². The molecular weight excluding hydrogens is 342 g/mol. The topological polar surface area (TPSA) is 40.7 Å². The van der Waals surface area contributed by atoms with Crippen LogP contribution in [0.1, 0.15) is 0 Å². The first-order chi connectivity index (χ1) is 13.8. The van der Waals surface area contributed by atoms with E-state index in [0.717, 1.165) is 33.8 Å². The van der Waals surface area contributed by atoms with E-state index in [1.165, 1.54) is 11.1 Å². The minimum atomic E-state index is 0.879. The van der Waals surface area contributed by atoms with Crippen LogP contribution >= 0.6 is 0 Å². The lowest BCUT2D eigenvalue weighted by Crippen LogP contribution is -1.91. The fourth-order valence-corrected chi connectivity index (χ4v) is 3.38. The van der Waals surface area contributed by atoms with Crippen LogP contribution in [0.15, 0.2) is 103 Å². The van der Waals surface area contributed by atoms with Gasteiger partial charge in [0.25, 0.3) is 0 Å². The molecule has 134 valence electrons. The molecule has 0 amide bonds. The number of hydrogen-bond donors (Lipinski definition) is 2. The van der Waals surface area contributed by atoms with E-state index < -0.39 is 0 Å². The second-order valence-corrected chi connectivity index (χ2v) is 6.75. The van der Waals surface area contributed by atoms with Crippen LogP contribution in [0, 0.1) is 0 Å². The van der Waals surface area contributed by atoms with E-state index >= 15 is 0 Å². The first-order valence-electron chi connectivity index (χ1n) is 9.33. The number of imidazole rings is 1. The lowest BCUT2D eigenvalue weighted by molar-refractivity contribution is 1.33. The number of anilines is 2. The highest BCUT2D eigenvalue weighted by molar-refractivity contribution is 5.80. The van der Waals surface area contributed by atoms with Gasteiger partial charge in [0.15, 0.2) is 0 Å². The van der Waals surface area contributed by atoms with Gasteiger partial charge in [-0.2, -0.15) is 0 Å². The standard InChI is InChI=1S/C25H19N3/c1-2-7-18(8-3-1)19-13-15-21(16-14-19)26-22-10-6-9-20(17-22)25-27-23-11-4-5-12-24(23)28-25/h1-17,26H,(H,27,28). The van der Waals surface area contributed by atoms with Gasteiger partial charge in [0.2, 0.25) is 0 Å². The number of benzene rings is 4. The summed E-state index contributed by atoms with van der Waals surface area (Å²) in [7, 11) is 0. The molecule has 0 aliphatic rings. The third kappa shape index (κ3) is 3.26. The predicted molar refractivity (Wildman–Crippen MR) is 117 cm³/mol. The highest BCUT2D eigenvalue weighted by Gasteiger charge is 2.06. The summed E-state index contributed by atoms with van der Waals surface area (Å²) in [5.41, 5.74) is 7.61. The molecule has 0 aliphatic heterocycles. The van der Waals surface area contributed by atoms with Crippen molar-refractivity contribution in [3.63, 3.8) is 0 Å². The molecule has 0 aliphatic carbocycles. The molecule has 1 aromatic heterocycles. The molecule has 0 spiro atoms. The molecule has 3 heteroatoms. The highest BCUT2D eigenvalue weighted by Crippen LogP contribution is 2.26. The Morgan fingerprint density at radius 1 is 0.571 bits per heavy atom. The summed E-state index contributed by atoms with van der Waals surface area (Å²) in [6.07, 6.45) is 0. The smallest absolute Gasteiger partial charge is 0.138 e. The highest BCUT2D eigenvalue weighted by atomic mass is 14.9. The summed E-state index contributed by atoms with van der Waals surface area (Å²) in [5.74, 6) is 0.879. The Balaban J connectivity index is 1.39. The Labute approximate surface area is 163 Å². The maximum atomic E-state index is 4.69. The fraction of sp³-hybridized carbons (Fsp3) is 0. The molecule has 0 atom stereocenters. The van der Waals surface area contributed by atoms with Crippen molar-refractivity contribution < 1.29 is 0 Å². The second-order valence-electron chi connectivity index (χ2n) is 6.75. The maximum absolute atomic E-state index is 4.69. The van der Waals surface area contributed by atoms with Crippen molar-refractivity contribution in [3.8, 4) is 22.5 Å². The Morgan fingerprint density at radius 3 is 2.11 bits per heavy atom. The van der Waals surface area contributed by atoms with Crippen LogP contribution in [-0.2, 0) is 0 Å². The van der Waals surface area contributed by atoms with Crippen LogP contribution in [-0.4, -0.2) is 9.97 Å². The molecule has 5 rings (SSSR count). The van der Waals surface area contributed by atoms with Gasteiger partial charge in [0, 0.05) is 16.9 Å². The number of rotatable bonds is 4. The second kappa shape index (κ2) is 7.05. The Hall–Kier alpha value is -3.85. The van der Waals surface area contributed by atoms with Crippen molar-refractivity contribution in [1.29, 1.82) is 0 Å². The summed E-state index contributed by atoms with van der Waals surface area (Å²) < 4.78 is 0. The van der Waals surface area contributed by atoms with Crippen LogP contribution in [0.3, 0.4) is 0 Å². The maximum Gasteiger partial charge on any atom is 0.138 e. The molecule has 0 fully saturated rings. The van der Waals surface area contributed by atoms with E-state index in [0.29, 0.717) is 0 Å². The quantitative estimate of drug-likeness (QED) is 0.377. The van der Waals surface area contributed by atoms with Crippen molar-refractivity contribution in [3.05, 3.63) is 103 Å². The number of fused-ring (bicyclic) bond motifs is 1. The number of hydrogen-bond acceptors (Lipinski definition) is 2. The molecule has 0 radical (unpaired) electrons. The normalized spacial score (nSPS) is 10.9. The molecule has 0 unspecified atom stereocenters. The van der Waals surface area contributed by atoms with Gasteiger partial charge < -0.3 is 10.3 Å². The lowest BCUT2D eigenvalue weighted by atomic mass is 10.1. The average Bonchev–Trinajstić information content (AvgIpc) is 3.20. The molecule has 4 aromatic carbocycles. The number of aromatic nitrogens is 2. The molecular formula is C25H19N3. The van der Waals surface area contributed by atoms with E-state index in [2.05, 4.69) is 77.0 Å². The molecule has 0 saturated carbocycles. The largest absolute Gasteiger partial charge is 0.356 e. The van der Waals surface area contributed by atoms with Gasteiger partial charge in [-0.05, 0) is 47.5 Å². The van der Waals surface area contributed by atoms with E-state index in [4.69, 9.17) is 4.98 Å². The van der Waals surface area contributed by atoms with Crippen molar-refractivity contribution in [2.75, 3.05) is 5.32 Å². The fourth-order valence-electron chi connectivity index (χ4n) is 3.38. The van der Waals surface area contributed by atoms with Crippen LogP contribution in [0.5, 0.6) is 0 Å². The van der Waals surface area contributed by atoms with Gasteiger partial charge in [-0.3, -0.25) is 0 Å². The van der Waals surface area contributed by atoms with Crippen LogP contribution in [0.25, 0.3) is 33.5 Å². The van der Waals surface area contributed by atoms with Crippen molar-refractivity contribution in [1.82, 2.24) is 9.97 Å². The van der Waals surface area contributed by atoms with Crippen molar-refractivity contribution in [2.24, 2.45) is 0 Å². The van der Waals surface area contributed by atoms with E-state index in [9.17, 15) is 0 Å². The molecule has 2 N–H and O–H groups in total. The molecule has 3 nitrogen and oxygen atoms in total. The zero-order valence-corrected chi connectivity index (χ0v) is 15.3. The lowest BCUT2D eigenvalue weighted by Gasteiger charge is -2.09. The van der Waals surface area contributed by atoms with E-state index in [1.807, 2.05) is 36.4 Å². The number of nitrogens with zero attached hydrogens (tertiary/aromatic N) is 1. The summed E-state index contributed by atoms with van der Waals surface area (Å²) in [6.45, 7) is 0. The Bertz CT molecular complexity index is 1190. The van der Waals surface area contributed by atoms with Crippen molar-refractivity contribution >= 4 is 22.4 Å². The molecule has 28 heavy (non-hydrogen) atoms. The van der Waals surface area contributed by atoms with Gasteiger partial charge in [-0.15, -0.1) is 0 Å². The Morgan fingerprint density at radius 2 is 1.29 bits per heavy atom. The van der Waals surface area contributed by atoms with Gasteiger partial charge in [-0.1, -0.05) is 66.7 Å². The van der Waals surface area contributed by atoms with Crippen LogP contribution < -0.4 is 5.32 Å². The number of H-pyrrole nitrogens is 1.